The summed E-state index contributed by atoms with van der Waals surface area (Å²) in [6.07, 6.45) is 3.61. The molecule has 0 saturated carbocycles. The quantitative estimate of drug-likeness (QED) is 0.275. The fraction of sp³-hybridized carbons (Fsp3) is 0.0714. The molecular weight excluding hydrogens is 478 g/mol. The van der Waals surface area contributed by atoms with Gasteiger partial charge in [-0.2, -0.15) is 5.26 Å². The maximum atomic E-state index is 13.1. The number of ether oxygens (including phenoxy) is 1. The molecular formula is C28H20ClN3O4. The summed E-state index contributed by atoms with van der Waals surface area (Å²) in [5, 5.41) is 11.9. The van der Waals surface area contributed by atoms with Crippen LogP contribution in [0.5, 0.6) is 5.75 Å². The van der Waals surface area contributed by atoms with Crippen LogP contribution in [0.4, 0.5) is 10.5 Å². The van der Waals surface area contributed by atoms with Gasteiger partial charge in [0.05, 0.1) is 17.3 Å². The van der Waals surface area contributed by atoms with Crippen molar-refractivity contribution in [3.05, 3.63) is 112 Å². The number of barbiturate groups is 1. The molecule has 1 N–H and O–H groups in total. The molecule has 0 bridgehead atoms. The predicted molar refractivity (Wildman–Crippen MR) is 136 cm³/mol. The highest BCUT2D eigenvalue weighted by molar-refractivity contribution is 6.39. The number of carbonyl (C=O) groups is 3. The maximum Gasteiger partial charge on any atom is 0.335 e. The number of carbonyl (C=O) groups excluding carboxylic acids is 3. The van der Waals surface area contributed by atoms with E-state index in [1.165, 1.54) is 18.2 Å². The number of allylic oxidation sites excluding steroid dienone is 1. The summed E-state index contributed by atoms with van der Waals surface area (Å²) in [5.41, 5.74) is 2.74. The molecule has 0 spiro atoms. The fourth-order valence-corrected chi connectivity index (χ4v) is 3.83. The Morgan fingerprint density at radius 1 is 1.03 bits per heavy atom. The van der Waals surface area contributed by atoms with E-state index in [1.54, 1.807) is 48.5 Å². The van der Waals surface area contributed by atoms with E-state index in [-0.39, 0.29) is 17.9 Å². The lowest BCUT2D eigenvalue weighted by Gasteiger charge is -2.26. The van der Waals surface area contributed by atoms with Gasteiger partial charge in [0.1, 0.15) is 17.9 Å². The smallest absolute Gasteiger partial charge is 0.335 e. The fourth-order valence-electron chi connectivity index (χ4n) is 3.70. The van der Waals surface area contributed by atoms with E-state index < -0.39 is 17.8 Å². The van der Waals surface area contributed by atoms with Crippen LogP contribution in [0.25, 0.3) is 6.08 Å². The molecule has 1 aliphatic rings. The van der Waals surface area contributed by atoms with Gasteiger partial charge in [0.25, 0.3) is 11.8 Å². The lowest BCUT2D eigenvalue weighted by atomic mass is 10.0. The minimum absolute atomic E-state index is 0.189. The van der Waals surface area contributed by atoms with Crippen molar-refractivity contribution in [1.29, 1.82) is 5.26 Å². The number of halogens is 1. The van der Waals surface area contributed by atoms with Crippen molar-refractivity contribution in [3.63, 3.8) is 0 Å². The van der Waals surface area contributed by atoms with Gasteiger partial charge in [-0.3, -0.25) is 14.9 Å². The molecule has 36 heavy (non-hydrogen) atoms. The van der Waals surface area contributed by atoms with E-state index in [1.807, 2.05) is 12.1 Å². The van der Waals surface area contributed by atoms with Crippen molar-refractivity contribution in [3.8, 4) is 11.8 Å². The van der Waals surface area contributed by atoms with Gasteiger partial charge < -0.3 is 4.74 Å². The van der Waals surface area contributed by atoms with E-state index in [9.17, 15) is 19.6 Å². The summed E-state index contributed by atoms with van der Waals surface area (Å²) < 4.78 is 5.97. The first-order valence-corrected chi connectivity index (χ1v) is 11.3. The van der Waals surface area contributed by atoms with Crippen LogP contribution in [0, 0.1) is 11.3 Å². The zero-order valence-corrected chi connectivity index (χ0v) is 19.8. The molecule has 178 valence electrons. The highest BCUT2D eigenvalue weighted by Gasteiger charge is 2.36. The highest BCUT2D eigenvalue weighted by atomic mass is 35.5. The molecule has 1 fully saturated rings. The molecule has 0 aromatic heterocycles. The van der Waals surface area contributed by atoms with Gasteiger partial charge in [-0.25, -0.2) is 9.69 Å². The van der Waals surface area contributed by atoms with Gasteiger partial charge in [0, 0.05) is 10.6 Å². The normalized spacial score (nSPS) is 14.4. The van der Waals surface area contributed by atoms with E-state index in [0.29, 0.717) is 28.3 Å². The Labute approximate surface area is 212 Å². The number of anilines is 1. The van der Waals surface area contributed by atoms with E-state index in [4.69, 9.17) is 16.3 Å². The van der Waals surface area contributed by atoms with Crippen molar-refractivity contribution in [2.24, 2.45) is 0 Å². The third kappa shape index (κ3) is 5.19. The van der Waals surface area contributed by atoms with Crippen molar-refractivity contribution < 1.29 is 19.1 Å². The Morgan fingerprint density at radius 2 is 1.78 bits per heavy atom. The lowest BCUT2D eigenvalue weighted by Crippen LogP contribution is -2.54. The van der Waals surface area contributed by atoms with Gasteiger partial charge in [-0.15, -0.1) is 6.58 Å². The van der Waals surface area contributed by atoms with Crippen LogP contribution in [0.3, 0.4) is 0 Å². The van der Waals surface area contributed by atoms with Crippen LogP contribution in [-0.2, 0) is 22.6 Å². The largest absolute Gasteiger partial charge is 0.489 e. The zero-order valence-electron chi connectivity index (χ0n) is 19.0. The lowest BCUT2D eigenvalue weighted by molar-refractivity contribution is -0.122. The first-order chi connectivity index (χ1) is 17.4. The Hall–Kier alpha value is -4.67. The second-order valence-electron chi connectivity index (χ2n) is 7.85. The van der Waals surface area contributed by atoms with Gasteiger partial charge in [0.2, 0.25) is 0 Å². The van der Waals surface area contributed by atoms with Crippen molar-refractivity contribution in [2.75, 3.05) is 4.90 Å². The van der Waals surface area contributed by atoms with Gasteiger partial charge in [-0.1, -0.05) is 41.9 Å². The second kappa shape index (κ2) is 10.7. The van der Waals surface area contributed by atoms with Crippen LogP contribution in [-0.4, -0.2) is 17.8 Å². The molecule has 3 aromatic carbocycles. The Kier molecular flexibility index (Phi) is 7.28. The molecule has 1 heterocycles. The first-order valence-electron chi connectivity index (χ1n) is 10.9. The highest BCUT2D eigenvalue weighted by Crippen LogP contribution is 2.27. The molecule has 7 nitrogen and oxygen atoms in total. The molecule has 0 radical (unpaired) electrons. The molecule has 1 aliphatic heterocycles. The maximum absolute atomic E-state index is 13.1. The van der Waals surface area contributed by atoms with Crippen LogP contribution in [0.2, 0.25) is 5.02 Å². The standard InChI is InChI=1S/C28H20ClN3O4/c1-2-5-19-14-18(8-13-25(19)36-17-21-7-4-3-6-20(21)16-30)15-24-26(33)31-28(35)32(27(24)34)23-11-9-22(29)10-12-23/h2-4,6-15H,1,5,17H2,(H,31,33,35)/b24-15+. The number of rotatable bonds is 7. The van der Waals surface area contributed by atoms with Crippen LogP contribution < -0.4 is 15.0 Å². The monoisotopic (exact) mass is 497 g/mol. The summed E-state index contributed by atoms with van der Waals surface area (Å²) >= 11 is 5.91. The summed E-state index contributed by atoms with van der Waals surface area (Å²) in [6.45, 7) is 3.99. The number of imide groups is 2. The topological polar surface area (TPSA) is 99.5 Å². The van der Waals surface area contributed by atoms with E-state index in [2.05, 4.69) is 18.0 Å². The molecule has 1 saturated heterocycles. The number of nitrogens with one attached hydrogen (secondary N) is 1. The van der Waals surface area contributed by atoms with Crippen molar-refractivity contribution in [2.45, 2.75) is 13.0 Å². The number of nitrogens with zero attached hydrogens (tertiary/aromatic N) is 2. The molecule has 0 atom stereocenters. The van der Waals surface area contributed by atoms with Gasteiger partial charge in [-0.05, 0) is 66.1 Å². The Bertz CT molecular complexity index is 1440. The first kappa shape index (κ1) is 24.5. The number of hydrogen-bond acceptors (Lipinski definition) is 5. The zero-order chi connectivity index (χ0) is 25.7. The number of nitriles is 1. The molecule has 4 rings (SSSR count). The van der Waals surface area contributed by atoms with Crippen LogP contribution in [0.15, 0.2) is 85.0 Å². The average molecular weight is 498 g/mol. The number of benzene rings is 3. The third-order valence-corrected chi connectivity index (χ3v) is 5.72. The minimum atomic E-state index is -0.835. The van der Waals surface area contributed by atoms with Gasteiger partial charge >= 0.3 is 6.03 Å². The van der Waals surface area contributed by atoms with Crippen molar-refractivity contribution >= 4 is 41.2 Å². The summed E-state index contributed by atoms with van der Waals surface area (Å²) in [7, 11) is 0. The third-order valence-electron chi connectivity index (χ3n) is 5.47. The number of urea groups is 1. The van der Waals surface area contributed by atoms with E-state index >= 15 is 0 Å². The summed E-state index contributed by atoms with van der Waals surface area (Å²) in [6, 6.07) is 19.8. The summed E-state index contributed by atoms with van der Waals surface area (Å²) in [5.74, 6) is -0.944. The number of amides is 4. The van der Waals surface area contributed by atoms with Crippen LogP contribution in [0.1, 0.15) is 22.3 Å². The summed E-state index contributed by atoms with van der Waals surface area (Å²) in [4.78, 5) is 38.9. The second-order valence-corrected chi connectivity index (χ2v) is 8.29. The van der Waals surface area contributed by atoms with Gasteiger partial charge in [0.15, 0.2) is 0 Å². The van der Waals surface area contributed by atoms with E-state index in [0.717, 1.165) is 16.0 Å². The Balaban J connectivity index is 1.62. The van der Waals surface area contributed by atoms with Crippen LogP contribution >= 0.6 is 11.6 Å². The molecule has 3 aromatic rings. The molecule has 0 aliphatic carbocycles. The molecule has 0 unspecified atom stereocenters. The Morgan fingerprint density at radius 3 is 2.50 bits per heavy atom. The minimum Gasteiger partial charge on any atom is -0.489 e. The number of hydrogen-bond donors (Lipinski definition) is 1. The predicted octanol–water partition coefficient (Wildman–Crippen LogP) is 5.19. The SMILES string of the molecule is C=CCc1cc(/C=C2\C(=O)NC(=O)N(c3ccc(Cl)cc3)C2=O)ccc1OCc1ccccc1C#N. The van der Waals surface area contributed by atoms with Crippen molar-refractivity contribution in [1.82, 2.24) is 5.32 Å². The molecule has 8 heteroatoms. The average Bonchev–Trinajstić information content (AvgIpc) is 2.87. The molecule has 4 amide bonds.